The molecule has 2 atom stereocenters. The normalized spacial score (nSPS) is 13.1. The van der Waals surface area contributed by atoms with Crippen LogP contribution in [0.1, 0.15) is 42.1 Å². The molecule has 186 valence electrons. The maximum atomic E-state index is 13.2. The van der Waals surface area contributed by atoms with Crippen LogP contribution in [0.2, 0.25) is 5.02 Å². The van der Waals surface area contributed by atoms with E-state index in [1.165, 1.54) is 24.3 Å². The summed E-state index contributed by atoms with van der Waals surface area (Å²) in [5.74, 6) is -6.44. The van der Waals surface area contributed by atoms with E-state index in [0.29, 0.717) is 10.6 Å². The average molecular weight is 617 g/mol. The number of benzene rings is 2. The van der Waals surface area contributed by atoms with Crippen LogP contribution in [0.25, 0.3) is 0 Å². The number of aliphatic carboxylic acids is 1. The van der Waals surface area contributed by atoms with Crippen molar-refractivity contribution < 1.29 is 43.3 Å². The van der Waals surface area contributed by atoms with E-state index in [1.807, 2.05) is 0 Å². The molecule has 0 radical (unpaired) electrons. The molecule has 0 aromatic heterocycles. The first-order valence-electron chi connectivity index (χ1n) is 10.2. The fourth-order valence-corrected chi connectivity index (χ4v) is 3.81. The van der Waals surface area contributed by atoms with Gasteiger partial charge in [0, 0.05) is 40.3 Å². The highest BCUT2D eigenvalue weighted by atomic mass is 127. The van der Waals surface area contributed by atoms with Gasteiger partial charge in [-0.15, -0.1) is 0 Å². The summed E-state index contributed by atoms with van der Waals surface area (Å²) in [7, 11) is 0. The van der Waals surface area contributed by atoms with Gasteiger partial charge in [0.1, 0.15) is 6.61 Å². The molecule has 0 saturated heterocycles. The topological polar surface area (TPSA) is 133 Å². The number of carbonyl (C=O) groups excluding carboxylic acids is 4. The molecule has 9 nitrogen and oxygen atoms in total. The molecule has 0 fully saturated rings. The molecule has 11 heteroatoms. The number of hydrogen-bond donors (Lipinski definition) is 1. The second kappa shape index (κ2) is 12.6. The largest absolute Gasteiger partial charge is 0.480 e. The number of ketones is 1. The van der Waals surface area contributed by atoms with Crippen LogP contribution in [0, 0.1) is 8.99 Å². The lowest BCUT2D eigenvalue weighted by molar-refractivity contribution is -0.186. The van der Waals surface area contributed by atoms with E-state index in [0.717, 1.165) is 17.4 Å². The van der Waals surface area contributed by atoms with Crippen molar-refractivity contribution in [1.29, 1.82) is 0 Å². The van der Waals surface area contributed by atoms with Crippen LogP contribution in [0.5, 0.6) is 0 Å². The van der Waals surface area contributed by atoms with Crippen molar-refractivity contribution in [2.75, 3.05) is 13.4 Å². The zero-order valence-corrected chi connectivity index (χ0v) is 21.7. The van der Waals surface area contributed by atoms with Gasteiger partial charge < -0.3 is 19.3 Å². The Morgan fingerprint density at radius 3 is 2.00 bits per heavy atom. The van der Waals surface area contributed by atoms with Crippen molar-refractivity contribution in [1.82, 2.24) is 0 Å². The van der Waals surface area contributed by atoms with Crippen molar-refractivity contribution in [3.8, 4) is 0 Å². The van der Waals surface area contributed by atoms with E-state index in [-0.39, 0.29) is 5.56 Å². The molecule has 2 aromatic rings. The van der Waals surface area contributed by atoms with Crippen molar-refractivity contribution in [3.63, 3.8) is 0 Å². The Morgan fingerprint density at radius 2 is 1.49 bits per heavy atom. The molecule has 0 saturated carbocycles. The first-order chi connectivity index (χ1) is 16.5. The Morgan fingerprint density at radius 1 is 0.914 bits per heavy atom. The molecule has 0 bridgehead atoms. The Bertz CT molecular complexity index is 1100. The van der Waals surface area contributed by atoms with Gasteiger partial charge in [0.2, 0.25) is 12.2 Å². The number of carboxylic acid groups (broad SMARTS) is 1. The number of halogens is 2. The number of ether oxygens (including phenoxy) is 3. The Labute approximate surface area is 219 Å². The number of carbonyl (C=O) groups is 5. The lowest BCUT2D eigenvalue weighted by Gasteiger charge is -2.34. The molecular weight excluding hydrogens is 595 g/mol. The fourth-order valence-electron chi connectivity index (χ4n) is 3.32. The Kier molecular flexibility index (Phi) is 10.2. The molecule has 0 aliphatic heterocycles. The first-order valence-corrected chi connectivity index (χ1v) is 11.6. The van der Waals surface area contributed by atoms with Crippen molar-refractivity contribution >= 4 is 63.9 Å². The highest BCUT2D eigenvalue weighted by Gasteiger charge is 2.56. The van der Waals surface area contributed by atoms with Crippen LogP contribution < -0.4 is 0 Å². The van der Waals surface area contributed by atoms with Gasteiger partial charge in [-0.05, 0) is 52.4 Å². The number of hydrogen-bond acceptors (Lipinski definition) is 8. The quantitative estimate of drug-likeness (QED) is 0.131. The van der Waals surface area contributed by atoms with Crippen LogP contribution in [0.4, 0.5) is 0 Å². The molecule has 2 aromatic carbocycles. The van der Waals surface area contributed by atoms with Gasteiger partial charge in [-0.1, -0.05) is 35.9 Å². The summed E-state index contributed by atoms with van der Waals surface area (Å²) in [4.78, 5) is 61.8. The van der Waals surface area contributed by atoms with Gasteiger partial charge in [-0.3, -0.25) is 24.0 Å². The van der Waals surface area contributed by atoms with E-state index in [4.69, 9.17) is 21.1 Å². The lowest BCUT2D eigenvalue weighted by atomic mass is 9.69. The van der Waals surface area contributed by atoms with Gasteiger partial charge in [0.25, 0.3) is 0 Å². The maximum absolute atomic E-state index is 13.2. The van der Waals surface area contributed by atoms with Gasteiger partial charge in [0.05, 0.1) is 0 Å². The molecule has 35 heavy (non-hydrogen) atoms. The minimum Gasteiger partial charge on any atom is -0.480 e. The van der Waals surface area contributed by atoms with E-state index in [9.17, 15) is 29.1 Å². The second-order valence-corrected chi connectivity index (χ2v) is 9.16. The summed E-state index contributed by atoms with van der Waals surface area (Å²) in [6.45, 7) is 0.337. The molecule has 1 N–H and O–H groups in total. The summed E-state index contributed by atoms with van der Waals surface area (Å²) in [5.41, 5.74) is -1.98. The highest BCUT2D eigenvalue weighted by molar-refractivity contribution is 14.1. The minimum atomic E-state index is -2.54. The van der Waals surface area contributed by atoms with Crippen LogP contribution in [-0.2, 0) is 33.4 Å². The van der Waals surface area contributed by atoms with E-state index in [1.54, 1.807) is 24.3 Å². The number of esters is 3. The molecular formula is C24H22ClIO9. The third kappa shape index (κ3) is 7.49. The van der Waals surface area contributed by atoms with Crippen molar-refractivity contribution in [3.05, 3.63) is 68.3 Å². The Hall–Kier alpha value is -2.99. The summed E-state index contributed by atoms with van der Waals surface area (Å²) in [6, 6.07) is 12.5. The molecule has 0 amide bonds. The van der Waals surface area contributed by atoms with E-state index in [2.05, 4.69) is 27.3 Å². The third-order valence-corrected chi connectivity index (χ3v) is 6.10. The van der Waals surface area contributed by atoms with E-state index >= 15 is 0 Å². The number of carboxylic acids is 1. The summed E-state index contributed by atoms with van der Waals surface area (Å²) < 4.78 is 15.4. The van der Waals surface area contributed by atoms with Crippen LogP contribution in [0.15, 0.2) is 48.5 Å². The van der Waals surface area contributed by atoms with Gasteiger partial charge in [0.15, 0.2) is 5.78 Å². The lowest BCUT2D eigenvalue weighted by Crippen LogP contribution is -2.50. The molecule has 2 rings (SSSR count). The third-order valence-electron chi connectivity index (χ3n) is 5.12. The fraction of sp³-hybridized carbons (Fsp3) is 0.292. The van der Waals surface area contributed by atoms with E-state index < -0.39 is 60.8 Å². The summed E-state index contributed by atoms with van der Waals surface area (Å²) in [5, 5.41) is 10.6. The maximum Gasteiger partial charge on any atom is 0.330 e. The molecule has 0 spiro atoms. The SMILES string of the molecule is CC(=O)OCOC(=O)C(COC(C)=O)(C(=O)O)C(CC(=O)c1ccc(I)cc1)c1ccc(Cl)cc1. The van der Waals surface area contributed by atoms with Gasteiger partial charge in [-0.2, -0.15) is 0 Å². The van der Waals surface area contributed by atoms with Crippen molar-refractivity contribution in [2.45, 2.75) is 26.2 Å². The van der Waals surface area contributed by atoms with Crippen LogP contribution in [-0.4, -0.2) is 48.2 Å². The predicted octanol–water partition coefficient (Wildman–Crippen LogP) is 4.00. The average Bonchev–Trinajstić information content (AvgIpc) is 2.79. The molecule has 0 heterocycles. The smallest absolute Gasteiger partial charge is 0.330 e. The molecule has 0 aliphatic carbocycles. The van der Waals surface area contributed by atoms with Gasteiger partial charge in [-0.25, -0.2) is 0 Å². The standard InChI is InChI=1S/C24H22ClIO9/c1-14(27)33-12-24(22(30)31,23(32)35-13-34-15(2)28)20(16-3-7-18(25)8-4-16)11-21(29)17-5-9-19(26)10-6-17/h3-10,20H,11-13H2,1-2H3,(H,30,31). The minimum absolute atomic E-state index is 0.271. The zero-order valence-electron chi connectivity index (χ0n) is 18.8. The monoisotopic (exact) mass is 616 g/mol. The van der Waals surface area contributed by atoms with Crippen LogP contribution >= 0.6 is 34.2 Å². The number of Topliss-reactive ketones (excluding diaryl/α,β-unsaturated/α-hetero) is 1. The first kappa shape index (κ1) is 28.2. The molecule has 2 unspecified atom stereocenters. The zero-order chi connectivity index (χ0) is 26.2. The predicted molar refractivity (Wildman–Crippen MR) is 132 cm³/mol. The Balaban J connectivity index is 2.61. The summed E-state index contributed by atoms with van der Waals surface area (Å²) in [6.07, 6.45) is -0.446. The molecule has 0 aliphatic rings. The van der Waals surface area contributed by atoms with Crippen LogP contribution in [0.3, 0.4) is 0 Å². The highest BCUT2D eigenvalue weighted by Crippen LogP contribution is 2.42. The van der Waals surface area contributed by atoms with Crippen molar-refractivity contribution in [2.24, 2.45) is 5.41 Å². The number of rotatable bonds is 11. The van der Waals surface area contributed by atoms with Gasteiger partial charge >= 0.3 is 23.9 Å². The summed E-state index contributed by atoms with van der Waals surface area (Å²) >= 11 is 8.05. The second-order valence-electron chi connectivity index (χ2n) is 7.48.